The number of fused-ring (bicyclic) bond motifs is 3. The largest absolute Gasteiger partial charge is 0.398 e. The monoisotopic (exact) mass is 340 g/mol. The smallest absolute Gasteiger partial charge is 0.220 e. The van der Waals surface area contributed by atoms with Gasteiger partial charge in [0.05, 0.1) is 22.1 Å². The Kier molecular flexibility index (Phi) is 3.39. The van der Waals surface area contributed by atoms with Crippen molar-refractivity contribution in [3.63, 3.8) is 0 Å². The highest BCUT2D eigenvalue weighted by Gasteiger charge is 2.24. The molecule has 120 valence electrons. The molecular weight excluding hydrogens is 327 g/mol. The third-order valence-corrected chi connectivity index (χ3v) is 4.55. The minimum atomic E-state index is -0.329. The first kappa shape index (κ1) is 14.9. The number of aromatic nitrogens is 2. The van der Waals surface area contributed by atoms with Gasteiger partial charge in [-0.05, 0) is 48.2 Å². The van der Waals surface area contributed by atoms with Gasteiger partial charge < -0.3 is 11.5 Å². The van der Waals surface area contributed by atoms with E-state index in [1.807, 2.05) is 12.1 Å². The zero-order valence-electron chi connectivity index (χ0n) is 12.7. The number of rotatable bonds is 1. The van der Waals surface area contributed by atoms with Crippen molar-refractivity contribution in [3.05, 3.63) is 58.5 Å². The zero-order chi connectivity index (χ0) is 16.8. The van der Waals surface area contributed by atoms with Crippen LogP contribution in [0.2, 0.25) is 5.02 Å². The molecule has 0 bridgehead atoms. The van der Waals surface area contributed by atoms with Crippen molar-refractivity contribution < 1.29 is 4.39 Å². The molecule has 0 amide bonds. The number of nitrogens with zero attached hydrogens (tertiary/aromatic N) is 2. The highest BCUT2D eigenvalue weighted by molar-refractivity contribution is 6.33. The van der Waals surface area contributed by atoms with Gasteiger partial charge in [-0.25, -0.2) is 14.4 Å². The summed E-state index contributed by atoms with van der Waals surface area (Å²) < 4.78 is 13.7. The summed E-state index contributed by atoms with van der Waals surface area (Å²) in [5.41, 5.74) is 17.3. The normalized spacial score (nSPS) is 12.6. The Bertz CT molecular complexity index is 971. The molecule has 24 heavy (non-hydrogen) atoms. The number of nitrogens with two attached hydrogens (primary N) is 2. The maximum Gasteiger partial charge on any atom is 0.220 e. The van der Waals surface area contributed by atoms with E-state index in [9.17, 15) is 4.39 Å². The van der Waals surface area contributed by atoms with Crippen molar-refractivity contribution in [2.24, 2.45) is 0 Å². The van der Waals surface area contributed by atoms with E-state index in [1.54, 1.807) is 12.1 Å². The summed E-state index contributed by atoms with van der Waals surface area (Å²) in [4.78, 5) is 8.75. The summed E-state index contributed by atoms with van der Waals surface area (Å²) in [6.07, 6.45) is 1.51. The molecule has 0 spiro atoms. The van der Waals surface area contributed by atoms with Crippen LogP contribution in [0.3, 0.4) is 0 Å². The van der Waals surface area contributed by atoms with Crippen LogP contribution < -0.4 is 11.5 Å². The molecule has 0 saturated carbocycles. The first-order valence-corrected chi connectivity index (χ1v) is 7.91. The van der Waals surface area contributed by atoms with E-state index in [0.717, 1.165) is 35.2 Å². The molecule has 0 unspecified atom stereocenters. The van der Waals surface area contributed by atoms with Crippen LogP contribution in [0.15, 0.2) is 36.4 Å². The summed E-state index contributed by atoms with van der Waals surface area (Å²) in [5.74, 6) is -0.150. The fourth-order valence-corrected chi connectivity index (χ4v) is 3.34. The SMILES string of the molecule is Nc1nc2c(c(-c3cccc(F)c3)n1)-c1cc(N)c(Cl)cc1CC2. The number of nitrogen functional groups attached to an aromatic ring is 2. The van der Waals surface area contributed by atoms with Gasteiger partial charge in [0.1, 0.15) is 5.82 Å². The molecule has 3 aromatic rings. The zero-order valence-corrected chi connectivity index (χ0v) is 13.4. The second kappa shape index (κ2) is 5.46. The predicted molar refractivity (Wildman–Crippen MR) is 94.1 cm³/mol. The van der Waals surface area contributed by atoms with Gasteiger partial charge in [-0.3, -0.25) is 0 Å². The highest BCUT2D eigenvalue weighted by atomic mass is 35.5. The van der Waals surface area contributed by atoms with Crippen molar-refractivity contribution in [1.29, 1.82) is 0 Å². The Morgan fingerprint density at radius 3 is 2.67 bits per heavy atom. The van der Waals surface area contributed by atoms with Gasteiger partial charge in [0.25, 0.3) is 0 Å². The minimum Gasteiger partial charge on any atom is -0.398 e. The molecular formula is C18H14ClFN4. The quantitative estimate of drug-likeness (QED) is 0.659. The fourth-order valence-electron chi connectivity index (χ4n) is 3.16. The van der Waals surface area contributed by atoms with Crippen LogP contribution in [-0.4, -0.2) is 9.97 Å². The summed E-state index contributed by atoms with van der Waals surface area (Å²) in [6.45, 7) is 0. The molecule has 6 heteroatoms. The molecule has 4 N–H and O–H groups in total. The summed E-state index contributed by atoms with van der Waals surface area (Å²) in [6, 6.07) is 9.99. The number of anilines is 2. The molecule has 1 aliphatic rings. The molecule has 0 aliphatic heterocycles. The average Bonchev–Trinajstić information content (AvgIpc) is 2.55. The Morgan fingerprint density at radius 2 is 1.88 bits per heavy atom. The van der Waals surface area contributed by atoms with E-state index in [1.165, 1.54) is 12.1 Å². The van der Waals surface area contributed by atoms with Crippen LogP contribution in [-0.2, 0) is 12.8 Å². The van der Waals surface area contributed by atoms with Gasteiger partial charge in [-0.1, -0.05) is 23.7 Å². The molecule has 4 nitrogen and oxygen atoms in total. The molecule has 0 atom stereocenters. The highest BCUT2D eigenvalue weighted by Crippen LogP contribution is 2.41. The first-order valence-electron chi connectivity index (χ1n) is 7.53. The molecule has 1 aliphatic carbocycles. The van der Waals surface area contributed by atoms with Crippen LogP contribution in [0.1, 0.15) is 11.3 Å². The lowest BCUT2D eigenvalue weighted by molar-refractivity contribution is 0.628. The van der Waals surface area contributed by atoms with Crippen molar-refractivity contribution in [3.8, 4) is 22.4 Å². The molecule has 0 fully saturated rings. The van der Waals surface area contributed by atoms with Gasteiger partial charge in [0, 0.05) is 11.1 Å². The van der Waals surface area contributed by atoms with Gasteiger partial charge in [-0.15, -0.1) is 0 Å². The summed E-state index contributed by atoms with van der Waals surface area (Å²) in [7, 11) is 0. The Balaban J connectivity index is 2.04. The number of benzene rings is 2. The van der Waals surface area contributed by atoms with E-state index < -0.39 is 0 Å². The topological polar surface area (TPSA) is 77.8 Å². The van der Waals surface area contributed by atoms with Gasteiger partial charge in [0.2, 0.25) is 5.95 Å². The molecule has 0 saturated heterocycles. The average molecular weight is 341 g/mol. The van der Waals surface area contributed by atoms with Crippen molar-refractivity contribution in [2.75, 3.05) is 11.5 Å². The second-order valence-corrected chi connectivity index (χ2v) is 6.20. The maximum atomic E-state index is 13.7. The van der Waals surface area contributed by atoms with Crippen LogP contribution in [0.5, 0.6) is 0 Å². The predicted octanol–water partition coefficient (Wildman–Crippen LogP) is 3.87. The maximum absolute atomic E-state index is 13.7. The van der Waals surface area contributed by atoms with Crippen LogP contribution in [0.25, 0.3) is 22.4 Å². The Labute approximate surface area is 143 Å². The standard InChI is InChI=1S/C18H14ClFN4/c19-13-7-9-4-5-15-16(12(9)8-14(13)21)17(24-18(22)23-15)10-2-1-3-11(20)6-10/h1-3,6-8H,4-5,21H2,(H2,22,23,24). The molecule has 0 radical (unpaired) electrons. The van der Waals surface area contributed by atoms with Crippen molar-refractivity contribution >= 4 is 23.2 Å². The first-order chi connectivity index (χ1) is 11.5. The van der Waals surface area contributed by atoms with E-state index in [2.05, 4.69) is 9.97 Å². The van der Waals surface area contributed by atoms with Crippen LogP contribution in [0, 0.1) is 5.82 Å². The van der Waals surface area contributed by atoms with Gasteiger partial charge in [0.15, 0.2) is 0 Å². The van der Waals surface area contributed by atoms with Crippen LogP contribution in [0.4, 0.5) is 16.0 Å². The van der Waals surface area contributed by atoms with E-state index >= 15 is 0 Å². The molecule has 4 rings (SSSR count). The number of hydrogen-bond donors (Lipinski definition) is 2. The molecule has 1 heterocycles. The third-order valence-electron chi connectivity index (χ3n) is 4.22. The fraction of sp³-hybridized carbons (Fsp3) is 0.111. The van der Waals surface area contributed by atoms with Gasteiger partial charge in [-0.2, -0.15) is 0 Å². The number of halogens is 2. The number of hydrogen-bond acceptors (Lipinski definition) is 4. The van der Waals surface area contributed by atoms with E-state index in [-0.39, 0.29) is 11.8 Å². The van der Waals surface area contributed by atoms with Crippen molar-refractivity contribution in [1.82, 2.24) is 9.97 Å². The van der Waals surface area contributed by atoms with E-state index in [0.29, 0.717) is 22.0 Å². The Morgan fingerprint density at radius 1 is 1.04 bits per heavy atom. The summed E-state index contributed by atoms with van der Waals surface area (Å²) in [5, 5.41) is 0.529. The number of aryl methyl sites for hydroxylation is 2. The third kappa shape index (κ3) is 2.37. The lowest BCUT2D eigenvalue weighted by atomic mass is 9.85. The molecule has 2 aromatic carbocycles. The van der Waals surface area contributed by atoms with E-state index in [4.69, 9.17) is 23.1 Å². The lowest BCUT2D eigenvalue weighted by Crippen LogP contribution is -2.12. The lowest BCUT2D eigenvalue weighted by Gasteiger charge is -2.22. The second-order valence-electron chi connectivity index (χ2n) is 5.79. The minimum absolute atomic E-state index is 0.179. The van der Waals surface area contributed by atoms with Gasteiger partial charge >= 0.3 is 0 Å². The van der Waals surface area contributed by atoms with Crippen molar-refractivity contribution in [2.45, 2.75) is 12.8 Å². The summed E-state index contributed by atoms with van der Waals surface area (Å²) >= 11 is 6.15. The Hall–Kier alpha value is -2.66. The molecule has 1 aromatic heterocycles. The van der Waals surface area contributed by atoms with Crippen LogP contribution >= 0.6 is 11.6 Å².